The van der Waals surface area contributed by atoms with Gasteiger partial charge in [0.15, 0.2) is 10.7 Å². The van der Waals surface area contributed by atoms with E-state index in [9.17, 15) is 4.79 Å². The number of aromatic nitrogens is 2. The van der Waals surface area contributed by atoms with Crippen LogP contribution in [0.5, 0.6) is 0 Å². The number of rotatable bonds is 5. The van der Waals surface area contributed by atoms with Crippen molar-refractivity contribution >= 4 is 55.4 Å². The van der Waals surface area contributed by atoms with Gasteiger partial charge in [-0.05, 0) is 61.2 Å². The minimum absolute atomic E-state index is 0.0894. The van der Waals surface area contributed by atoms with Crippen LogP contribution in [-0.4, -0.2) is 29.0 Å². The second kappa shape index (κ2) is 9.15. The lowest BCUT2D eigenvalue weighted by Gasteiger charge is -2.32. The summed E-state index contributed by atoms with van der Waals surface area (Å²) in [6.45, 7) is 3.59. The second-order valence-corrected chi connectivity index (χ2v) is 9.89. The summed E-state index contributed by atoms with van der Waals surface area (Å²) in [6.07, 6.45) is 2.45. The van der Waals surface area contributed by atoms with E-state index in [1.807, 2.05) is 59.5 Å². The molecule has 7 heteroatoms. The zero-order chi connectivity index (χ0) is 23.8. The maximum absolute atomic E-state index is 13.9. The van der Waals surface area contributed by atoms with Crippen LogP contribution >= 0.6 is 11.3 Å². The van der Waals surface area contributed by atoms with Crippen LogP contribution in [0.2, 0.25) is 0 Å². The van der Waals surface area contributed by atoms with Crippen molar-refractivity contribution in [3.63, 3.8) is 0 Å². The van der Waals surface area contributed by atoms with Gasteiger partial charge in [0, 0.05) is 19.0 Å². The van der Waals surface area contributed by atoms with Crippen LogP contribution in [0.25, 0.3) is 21.3 Å². The Morgan fingerprint density at radius 1 is 0.971 bits per heavy atom. The van der Waals surface area contributed by atoms with Gasteiger partial charge in [-0.2, -0.15) is 4.98 Å². The Labute approximate surface area is 207 Å². The third kappa shape index (κ3) is 4.17. The Kier molecular flexibility index (Phi) is 5.70. The van der Waals surface area contributed by atoms with E-state index >= 15 is 0 Å². The molecule has 0 bridgehead atoms. The molecule has 0 saturated carbocycles. The highest BCUT2D eigenvalue weighted by molar-refractivity contribution is 7.22. The highest BCUT2D eigenvalue weighted by Crippen LogP contribution is 2.36. The highest BCUT2D eigenvalue weighted by atomic mass is 32.1. The number of thiazole rings is 1. The largest absolute Gasteiger partial charge is 0.423 e. The molecule has 0 aliphatic carbocycles. The van der Waals surface area contributed by atoms with E-state index in [0.717, 1.165) is 64.5 Å². The Balaban J connectivity index is 1.26. The van der Waals surface area contributed by atoms with Gasteiger partial charge in [-0.15, -0.1) is 0 Å². The quantitative estimate of drug-likeness (QED) is 0.283. The summed E-state index contributed by atoms with van der Waals surface area (Å²) in [6, 6.07) is 24.7. The molecule has 0 N–H and O–H groups in total. The van der Waals surface area contributed by atoms with Crippen LogP contribution in [0.3, 0.4) is 0 Å². The number of hydrogen-bond acceptors (Lipinski definition) is 6. The molecule has 1 fully saturated rings. The van der Waals surface area contributed by atoms with E-state index in [1.54, 1.807) is 11.3 Å². The predicted octanol–water partition coefficient (Wildman–Crippen LogP) is 6.58. The zero-order valence-corrected chi connectivity index (χ0v) is 20.4. The molecule has 0 atom stereocenters. The Hall–Kier alpha value is -3.71. The number of para-hydroxylation sites is 3. The number of oxazole rings is 1. The van der Waals surface area contributed by atoms with Crippen LogP contribution in [0.1, 0.15) is 25.3 Å². The van der Waals surface area contributed by atoms with Crippen molar-refractivity contribution < 1.29 is 9.21 Å². The standard InChI is InChI=1S/C28H26N4O2S/c1-2-19-11-13-21(14-12-19)32(28-30-23-8-4-6-10-25(23)35-28)26(33)20-15-17-31(18-16-20)27-29-22-7-3-5-9-24(22)34-27/h3-14,20H,2,15-18H2,1H3. The van der Waals surface area contributed by atoms with Crippen molar-refractivity contribution in [3.8, 4) is 0 Å². The van der Waals surface area contributed by atoms with Gasteiger partial charge in [-0.3, -0.25) is 9.69 Å². The molecule has 3 aromatic carbocycles. The molecule has 1 aliphatic rings. The maximum Gasteiger partial charge on any atom is 0.298 e. The average molecular weight is 483 g/mol. The molecule has 6 nitrogen and oxygen atoms in total. The van der Waals surface area contributed by atoms with E-state index in [2.05, 4.69) is 35.0 Å². The number of anilines is 3. The smallest absolute Gasteiger partial charge is 0.298 e. The van der Waals surface area contributed by atoms with E-state index in [-0.39, 0.29) is 11.8 Å². The summed E-state index contributed by atoms with van der Waals surface area (Å²) in [5, 5.41) is 0.724. The fourth-order valence-electron chi connectivity index (χ4n) is 4.66. The Morgan fingerprint density at radius 3 is 2.40 bits per heavy atom. The van der Waals surface area contributed by atoms with Gasteiger partial charge in [-0.25, -0.2) is 4.98 Å². The molecule has 1 amide bonds. The summed E-state index contributed by atoms with van der Waals surface area (Å²) < 4.78 is 7.04. The van der Waals surface area contributed by atoms with Crippen molar-refractivity contribution in [2.75, 3.05) is 22.9 Å². The molecule has 6 rings (SSSR count). The van der Waals surface area contributed by atoms with Crippen LogP contribution in [0, 0.1) is 5.92 Å². The number of benzene rings is 3. The van der Waals surface area contributed by atoms with Gasteiger partial charge < -0.3 is 9.32 Å². The number of fused-ring (bicyclic) bond motifs is 2. The van der Waals surface area contributed by atoms with Gasteiger partial charge >= 0.3 is 0 Å². The molecule has 2 aromatic heterocycles. The molecule has 1 saturated heterocycles. The lowest BCUT2D eigenvalue weighted by Crippen LogP contribution is -2.41. The maximum atomic E-state index is 13.9. The first kappa shape index (κ1) is 21.8. The van der Waals surface area contributed by atoms with Crippen LogP contribution in [-0.2, 0) is 11.2 Å². The number of amides is 1. The molecule has 1 aliphatic heterocycles. The number of hydrogen-bond donors (Lipinski definition) is 0. The van der Waals surface area contributed by atoms with Crippen molar-refractivity contribution in [2.24, 2.45) is 5.92 Å². The zero-order valence-electron chi connectivity index (χ0n) is 19.6. The number of aryl methyl sites for hydroxylation is 1. The van der Waals surface area contributed by atoms with Gasteiger partial charge in [0.1, 0.15) is 5.52 Å². The molecular formula is C28H26N4O2S. The fraction of sp³-hybridized carbons (Fsp3) is 0.250. The van der Waals surface area contributed by atoms with Crippen molar-refractivity contribution in [3.05, 3.63) is 78.4 Å². The van der Waals surface area contributed by atoms with Gasteiger partial charge in [0.25, 0.3) is 6.01 Å². The van der Waals surface area contributed by atoms with Gasteiger partial charge in [0.2, 0.25) is 5.91 Å². The SMILES string of the molecule is CCc1ccc(N(C(=O)C2CCN(c3nc4ccccc4o3)CC2)c2nc3ccccc3s2)cc1. The molecular weight excluding hydrogens is 456 g/mol. The predicted molar refractivity (Wildman–Crippen MR) is 142 cm³/mol. The third-order valence-corrected chi connectivity index (χ3v) is 7.72. The van der Waals surface area contributed by atoms with Crippen LogP contribution < -0.4 is 9.80 Å². The van der Waals surface area contributed by atoms with E-state index in [4.69, 9.17) is 9.40 Å². The van der Waals surface area contributed by atoms with Crippen LogP contribution in [0.15, 0.2) is 77.2 Å². The minimum atomic E-state index is -0.0894. The van der Waals surface area contributed by atoms with Crippen LogP contribution in [0.4, 0.5) is 16.8 Å². The average Bonchev–Trinajstić information content (AvgIpc) is 3.53. The molecule has 3 heterocycles. The first-order chi connectivity index (χ1) is 17.2. The van der Waals surface area contributed by atoms with E-state index in [1.165, 1.54) is 5.56 Å². The Bertz CT molecular complexity index is 1420. The number of nitrogens with zero attached hydrogens (tertiary/aromatic N) is 4. The molecule has 0 spiro atoms. The topological polar surface area (TPSA) is 62.5 Å². The number of carbonyl (C=O) groups excluding carboxylic acids is 1. The van der Waals surface area contributed by atoms with Gasteiger partial charge in [0.05, 0.1) is 15.9 Å². The second-order valence-electron chi connectivity index (χ2n) is 8.88. The minimum Gasteiger partial charge on any atom is -0.423 e. The molecule has 0 unspecified atom stereocenters. The summed E-state index contributed by atoms with van der Waals surface area (Å²) in [5.41, 5.74) is 4.68. The fourth-order valence-corrected chi connectivity index (χ4v) is 5.66. The highest BCUT2D eigenvalue weighted by Gasteiger charge is 2.33. The van der Waals surface area contributed by atoms with E-state index in [0.29, 0.717) is 6.01 Å². The molecule has 35 heavy (non-hydrogen) atoms. The monoisotopic (exact) mass is 482 g/mol. The Morgan fingerprint density at radius 2 is 1.69 bits per heavy atom. The normalized spacial score (nSPS) is 14.6. The summed E-state index contributed by atoms with van der Waals surface area (Å²) in [7, 11) is 0. The number of piperidine rings is 1. The van der Waals surface area contributed by atoms with Crippen molar-refractivity contribution in [1.82, 2.24) is 9.97 Å². The number of carbonyl (C=O) groups is 1. The van der Waals surface area contributed by atoms with E-state index < -0.39 is 0 Å². The first-order valence-electron chi connectivity index (χ1n) is 12.1. The van der Waals surface area contributed by atoms with Crippen molar-refractivity contribution in [1.29, 1.82) is 0 Å². The first-order valence-corrected chi connectivity index (χ1v) is 12.9. The molecule has 0 radical (unpaired) electrons. The molecule has 176 valence electrons. The van der Waals surface area contributed by atoms with Crippen molar-refractivity contribution in [2.45, 2.75) is 26.2 Å². The summed E-state index contributed by atoms with van der Waals surface area (Å²) >= 11 is 1.56. The third-order valence-electron chi connectivity index (χ3n) is 6.69. The summed E-state index contributed by atoms with van der Waals surface area (Å²) in [4.78, 5) is 27.4. The molecule has 5 aromatic rings. The summed E-state index contributed by atoms with van der Waals surface area (Å²) in [5.74, 6) is 0.0130. The van der Waals surface area contributed by atoms with Gasteiger partial charge in [-0.1, -0.05) is 54.7 Å². The lowest BCUT2D eigenvalue weighted by molar-refractivity contribution is -0.122. The lowest BCUT2D eigenvalue weighted by atomic mass is 9.95.